The molecule has 1 aromatic rings. The van der Waals surface area contributed by atoms with Gasteiger partial charge in [0, 0.05) is 6.04 Å². The number of aryl methyl sites for hydroxylation is 2. The summed E-state index contributed by atoms with van der Waals surface area (Å²) in [6.07, 6.45) is 4.38. The Hall–Kier alpha value is -0.860. The van der Waals surface area contributed by atoms with Crippen LogP contribution >= 0.6 is 0 Å². The summed E-state index contributed by atoms with van der Waals surface area (Å²) in [5.74, 6) is 0.705. The highest BCUT2D eigenvalue weighted by molar-refractivity contribution is 5.36. The van der Waals surface area contributed by atoms with Gasteiger partial charge in [-0.1, -0.05) is 32.0 Å². The van der Waals surface area contributed by atoms with Gasteiger partial charge in [0.2, 0.25) is 0 Å². The summed E-state index contributed by atoms with van der Waals surface area (Å²) in [5.41, 5.74) is 3.97. The van der Waals surface area contributed by atoms with Gasteiger partial charge >= 0.3 is 0 Å². The smallest absolute Gasteiger partial charge is 0.0940 e. The van der Waals surface area contributed by atoms with Crippen LogP contribution in [0.5, 0.6) is 0 Å². The average molecular weight is 261 g/mol. The van der Waals surface area contributed by atoms with Crippen LogP contribution in [0, 0.1) is 5.92 Å². The van der Waals surface area contributed by atoms with E-state index >= 15 is 0 Å². The lowest BCUT2D eigenvalue weighted by molar-refractivity contribution is 0.135. The minimum atomic E-state index is -0.405. The van der Waals surface area contributed by atoms with Crippen molar-refractivity contribution in [2.45, 2.75) is 58.6 Å². The Balaban J connectivity index is 1.93. The largest absolute Gasteiger partial charge is 0.387 e. The molecule has 1 aliphatic carbocycles. The van der Waals surface area contributed by atoms with Crippen molar-refractivity contribution in [1.82, 2.24) is 5.32 Å². The summed E-state index contributed by atoms with van der Waals surface area (Å²) in [7, 11) is 0. The van der Waals surface area contributed by atoms with Gasteiger partial charge < -0.3 is 10.4 Å². The second kappa shape index (κ2) is 6.53. The molecule has 0 saturated heterocycles. The Morgan fingerprint density at radius 2 is 1.89 bits per heavy atom. The number of rotatable bonds is 6. The fraction of sp³-hybridized carbons (Fsp3) is 0.647. The first-order chi connectivity index (χ1) is 9.08. The van der Waals surface area contributed by atoms with E-state index in [1.165, 1.54) is 30.4 Å². The number of hydrogen-bond acceptors (Lipinski definition) is 2. The normalized spacial score (nSPS) is 17.5. The monoisotopic (exact) mass is 261 g/mol. The molecule has 2 N–H and O–H groups in total. The van der Waals surface area contributed by atoms with Gasteiger partial charge in [-0.05, 0) is 61.8 Å². The first-order valence-corrected chi connectivity index (χ1v) is 7.61. The van der Waals surface area contributed by atoms with Gasteiger partial charge in [0.15, 0.2) is 0 Å². The van der Waals surface area contributed by atoms with E-state index in [0.717, 1.165) is 18.5 Å². The first-order valence-electron chi connectivity index (χ1n) is 7.61. The number of aliphatic hydroxyl groups is 1. The summed E-state index contributed by atoms with van der Waals surface area (Å²) in [5, 5.41) is 13.9. The first kappa shape index (κ1) is 14.5. The topological polar surface area (TPSA) is 32.3 Å². The molecule has 0 radical (unpaired) electrons. The molecule has 0 heterocycles. The van der Waals surface area contributed by atoms with E-state index < -0.39 is 6.10 Å². The van der Waals surface area contributed by atoms with Crippen LogP contribution in [0.2, 0.25) is 0 Å². The molecular weight excluding hydrogens is 234 g/mol. The molecule has 0 amide bonds. The molecule has 0 saturated carbocycles. The van der Waals surface area contributed by atoms with Crippen molar-refractivity contribution in [2.75, 3.05) is 6.54 Å². The predicted octanol–water partition coefficient (Wildman–Crippen LogP) is 3.23. The van der Waals surface area contributed by atoms with E-state index in [4.69, 9.17) is 0 Å². The zero-order valence-corrected chi connectivity index (χ0v) is 12.4. The highest BCUT2D eigenvalue weighted by Crippen LogP contribution is 2.26. The fourth-order valence-electron chi connectivity index (χ4n) is 2.78. The van der Waals surface area contributed by atoms with Crippen LogP contribution in [0.15, 0.2) is 18.2 Å². The van der Waals surface area contributed by atoms with Crippen LogP contribution in [-0.4, -0.2) is 17.7 Å². The van der Waals surface area contributed by atoms with E-state index in [2.05, 4.69) is 44.3 Å². The lowest BCUT2D eigenvalue weighted by Crippen LogP contribution is -2.33. The zero-order valence-electron chi connectivity index (χ0n) is 12.4. The molecule has 2 heteroatoms. The summed E-state index contributed by atoms with van der Waals surface area (Å²) < 4.78 is 0. The third kappa shape index (κ3) is 3.80. The Morgan fingerprint density at radius 1 is 1.16 bits per heavy atom. The molecule has 1 aliphatic rings. The van der Waals surface area contributed by atoms with Gasteiger partial charge in [0.05, 0.1) is 6.10 Å². The van der Waals surface area contributed by atoms with E-state index in [9.17, 15) is 5.11 Å². The average Bonchev–Trinajstić information content (AvgIpc) is 2.84. The molecule has 0 spiro atoms. The third-order valence-corrected chi connectivity index (χ3v) is 4.13. The van der Waals surface area contributed by atoms with Gasteiger partial charge in [0.25, 0.3) is 0 Å². The van der Waals surface area contributed by atoms with Gasteiger partial charge in [0.1, 0.15) is 0 Å². The summed E-state index contributed by atoms with van der Waals surface area (Å²) >= 11 is 0. The van der Waals surface area contributed by atoms with Crippen molar-refractivity contribution in [1.29, 1.82) is 0 Å². The highest BCUT2D eigenvalue weighted by atomic mass is 16.3. The number of aliphatic hydroxyl groups excluding tert-OH is 1. The minimum Gasteiger partial charge on any atom is -0.387 e. The Morgan fingerprint density at radius 3 is 2.63 bits per heavy atom. The number of hydrogen-bond donors (Lipinski definition) is 2. The van der Waals surface area contributed by atoms with Crippen LogP contribution in [0.3, 0.4) is 0 Å². The molecule has 0 bridgehead atoms. The van der Waals surface area contributed by atoms with Gasteiger partial charge in [-0.25, -0.2) is 0 Å². The standard InChI is InChI=1S/C17H27NO/c1-12(2)9-10-18-13(3)17(19)16-8-7-14-5-4-6-15(14)11-16/h7-8,11-13,17-19H,4-6,9-10H2,1-3H3. The Labute approximate surface area is 117 Å². The van der Waals surface area contributed by atoms with E-state index in [1.54, 1.807) is 0 Å². The SMILES string of the molecule is CC(C)CCNC(C)C(O)c1ccc2c(c1)CCC2. The zero-order chi connectivity index (χ0) is 13.8. The van der Waals surface area contributed by atoms with Crippen LogP contribution in [-0.2, 0) is 12.8 Å². The summed E-state index contributed by atoms with van der Waals surface area (Å²) in [6, 6.07) is 6.60. The maximum absolute atomic E-state index is 10.4. The molecule has 0 aromatic heterocycles. The minimum absolute atomic E-state index is 0.109. The van der Waals surface area contributed by atoms with E-state index in [-0.39, 0.29) is 6.04 Å². The van der Waals surface area contributed by atoms with E-state index in [1.807, 2.05) is 0 Å². The second-order valence-corrected chi connectivity index (χ2v) is 6.25. The molecule has 2 nitrogen and oxygen atoms in total. The molecule has 0 aliphatic heterocycles. The Kier molecular flexibility index (Phi) is 5.00. The molecule has 19 heavy (non-hydrogen) atoms. The van der Waals surface area contributed by atoms with Crippen LogP contribution in [0.25, 0.3) is 0 Å². The van der Waals surface area contributed by atoms with Crippen LogP contribution in [0.1, 0.15) is 56.4 Å². The molecule has 2 unspecified atom stereocenters. The molecular formula is C17H27NO. The molecule has 2 atom stereocenters. The summed E-state index contributed by atoms with van der Waals surface area (Å²) in [6.45, 7) is 7.49. The fourth-order valence-corrected chi connectivity index (χ4v) is 2.78. The predicted molar refractivity (Wildman–Crippen MR) is 80.3 cm³/mol. The van der Waals surface area contributed by atoms with Crippen molar-refractivity contribution >= 4 is 0 Å². The van der Waals surface area contributed by atoms with Gasteiger partial charge in [-0.15, -0.1) is 0 Å². The number of fused-ring (bicyclic) bond motifs is 1. The Bertz CT molecular complexity index is 414. The number of nitrogens with one attached hydrogen (secondary N) is 1. The van der Waals surface area contributed by atoms with Gasteiger partial charge in [-0.3, -0.25) is 0 Å². The van der Waals surface area contributed by atoms with Crippen molar-refractivity contribution in [2.24, 2.45) is 5.92 Å². The van der Waals surface area contributed by atoms with Gasteiger partial charge in [-0.2, -0.15) is 0 Å². The summed E-state index contributed by atoms with van der Waals surface area (Å²) in [4.78, 5) is 0. The van der Waals surface area contributed by atoms with Crippen molar-refractivity contribution in [3.63, 3.8) is 0 Å². The maximum atomic E-state index is 10.4. The van der Waals surface area contributed by atoms with Crippen molar-refractivity contribution < 1.29 is 5.11 Å². The van der Waals surface area contributed by atoms with Crippen LogP contribution in [0.4, 0.5) is 0 Å². The second-order valence-electron chi connectivity index (χ2n) is 6.25. The molecule has 0 fully saturated rings. The van der Waals surface area contributed by atoms with E-state index in [0.29, 0.717) is 5.92 Å². The maximum Gasteiger partial charge on any atom is 0.0940 e. The van der Waals surface area contributed by atoms with Crippen molar-refractivity contribution in [3.8, 4) is 0 Å². The molecule has 106 valence electrons. The number of benzene rings is 1. The third-order valence-electron chi connectivity index (χ3n) is 4.13. The quantitative estimate of drug-likeness (QED) is 0.824. The molecule has 2 rings (SSSR count). The molecule has 1 aromatic carbocycles. The highest BCUT2D eigenvalue weighted by Gasteiger charge is 2.18. The lowest BCUT2D eigenvalue weighted by Gasteiger charge is -2.22. The lowest BCUT2D eigenvalue weighted by atomic mass is 9.99. The van der Waals surface area contributed by atoms with Crippen molar-refractivity contribution in [3.05, 3.63) is 34.9 Å². The van der Waals surface area contributed by atoms with Crippen LogP contribution < -0.4 is 5.32 Å².